The van der Waals surface area contributed by atoms with Crippen molar-refractivity contribution in [1.82, 2.24) is 5.32 Å². The Kier molecular flexibility index (Phi) is 5.15. The van der Waals surface area contributed by atoms with Gasteiger partial charge in [0.2, 0.25) is 0 Å². The number of ether oxygens (including phenoxy) is 1. The quantitative estimate of drug-likeness (QED) is 0.510. The second-order valence-electron chi connectivity index (χ2n) is 2.73. The number of likely N-dealkylation sites (N-methyl/N-ethyl adjacent to an activating group) is 1. The van der Waals surface area contributed by atoms with E-state index < -0.39 is 0 Å². The summed E-state index contributed by atoms with van der Waals surface area (Å²) in [6.45, 7) is 1.61. The molecule has 1 aromatic rings. The predicted octanol–water partition coefficient (Wildman–Crippen LogP) is 2.22. The van der Waals surface area contributed by atoms with Crippen LogP contribution in [-0.2, 0) is 4.43 Å². The smallest absolute Gasteiger partial charge is 0.119 e. The molecule has 0 aliphatic heterocycles. The third-order valence-electron chi connectivity index (χ3n) is 1.70. The average molecular weight is 291 g/mol. The highest BCUT2D eigenvalue weighted by molar-refractivity contribution is 14.1. The van der Waals surface area contributed by atoms with Crippen molar-refractivity contribution in [2.45, 2.75) is 4.43 Å². The van der Waals surface area contributed by atoms with Crippen molar-refractivity contribution in [1.29, 1.82) is 0 Å². The van der Waals surface area contributed by atoms with Crippen LogP contribution in [0.3, 0.4) is 0 Å². The third-order valence-corrected chi connectivity index (χ3v) is 2.58. The molecule has 3 heteroatoms. The summed E-state index contributed by atoms with van der Waals surface area (Å²) in [5.41, 5.74) is 1.33. The maximum atomic E-state index is 5.48. The Labute approximate surface area is 92.8 Å². The van der Waals surface area contributed by atoms with E-state index in [2.05, 4.69) is 40.0 Å². The zero-order valence-corrected chi connectivity index (χ0v) is 9.87. The summed E-state index contributed by atoms with van der Waals surface area (Å²) in [7, 11) is 1.92. The van der Waals surface area contributed by atoms with Crippen molar-refractivity contribution in [2.75, 3.05) is 20.2 Å². The molecule has 13 heavy (non-hydrogen) atoms. The van der Waals surface area contributed by atoms with E-state index in [9.17, 15) is 0 Å². The summed E-state index contributed by atoms with van der Waals surface area (Å²) >= 11 is 2.35. The van der Waals surface area contributed by atoms with Gasteiger partial charge in [0.05, 0.1) is 0 Å². The van der Waals surface area contributed by atoms with E-state index in [1.165, 1.54) is 5.56 Å². The van der Waals surface area contributed by atoms with Gasteiger partial charge in [-0.15, -0.1) is 0 Å². The molecule has 0 heterocycles. The SMILES string of the molecule is CNCCOc1ccc(CI)cc1. The molecule has 0 saturated carbocycles. The van der Waals surface area contributed by atoms with E-state index in [1.54, 1.807) is 0 Å². The van der Waals surface area contributed by atoms with Crippen LogP contribution >= 0.6 is 22.6 Å². The highest BCUT2D eigenvalue weighted by Gasteiger charge is 1.93. The molecule has 0 radical (unpaired) electrons. The molecule has 0 unspecified atom stereocenters. The highest BCUT2D eigenvalue weighted by atomic mass is 127. The van der Waals surface area contributed by atoms with Crippen molar-refractivity contribution in [3.8, 4) is 5.75 Å². The Morgan fingerprint density at radius 1 is 1.31 bits per heavy atom. The van der Waals surface area contributed by atoms with Crippen LogP contribution in [0.4, 0.5) is 0 Å². The molecule has 0 aliphatic rings. The van der Waals surface area contributed by atoms with Gasteiger partial charge in [-0.3, -0.25) is 0 Å². The van der Waals surface area contributed by atoms with Crippen molar-refractivity contribution < 1.29 is 4.74 Å². The van der Waals surface area contributed by atoms with E-state index in [0.29, 0.717) is 0 Å². The zero-order valence-electron chi connectivity index (χ0n) is 7.72. The lowest BCUT2D eigenvalue weighted by Gasteiger charge is -2.05. The molecule has 0 spiro atoms. The molecular formula is C10H14INO. The molecule has 1 rings (SSSR count). The molecule has 1 aromatic carbocycles. The lowest BCUT2D eigenvalue weighted by molar-refractivity contribution is 0.318. The highest BCUT2D eigenvalue weighted by Crippen LogP contribution is 2.13. The Bertz CT molecular complexity index is 235. The molecule has 2 nitrogen and oxygen atoms in total. The maximum absolute atomic E-state index is 5.48. The zero-order chi connectivity index (χ0) is 9.52. The first-order valence-electron chi connectivity index (χ1n) is 4.29. The molecule has 0 aromatic heterocycles. The molecule has 1 N–H and O–H groups in total. The van der Waals surface area contributed by atoms with Gasteiger partial charge in [0.1, 0.15) is 12.4 Å². The number of nitrogens with one attached hydrogen (secondary N) is 1. The summed E-state index contributed by atoms with van der Waals surface area (Å²) in [6.07, 6.45) is 0. The van der Waals surface area contributed by atoms with Crippen LogP contribution in [0.1, 0.15) is 5.56 Å². The Hall–Kier alpha value is -0.290. The van der Waals surface area contributed by atoms with Crippen LogP contribution < -0.4 is 10.1 Å². The number of benzene rings is 1. The first-order valence-corrected chi connectivity index (χ1v) is 5.81. The molecule has 0 aliphatic carbocycles. The molecule has 72 valence electrons. The number of hydrogen-bond donors (Lipinski definition) is 1. The van der Waals surface area contributed by atoms with Gasteiger partial charge < -0.3 is 10.1 Å². The topological polar surface area (TPSA) is 21.3 Å². The monoisotopic (exact) mass is 291 g/mol. The fourth-order valence-corrected chi connectivity index (χ4v) is 1.45. The Morgan fingerprint density at radius 2 is 2.00 bits per heavy atom. The number of halogens is 1. The second-order valence-corrected chi connectivity index (χ2v) is 3.49. The third kappa shape index (κ3) is 3.95. The van der Waals surface area contributed by atoms with Gasteiger partial charge in [-0.25, -0.2) is 0 Å². The Balaban J connectivity index is 2.40. The minimum atomic E-state index is 0.722. The van der Waals surface area contributed by atoms with Crippen LogP contribution in [0.2, 0.25) is 0 Å². The molecule has 0 atom stereocenters. The van der Waals surface area contributed by atoms with E-state index in [1.807, 2.05) is 19.2 Å². The van der Waals surface area contributed by atoms with Gasteiger partial charge in [-0.05, 0) is 24.7 Å². The van der Waals surface area contributed by atoms with Crippen LogP contribution in [-0.4, -0.2) is 20.2 Å². The van der Waals surface area contributed by atoms with Gasteiger partial charge in [-0.2, -0.15) is 0 Å². The number of alkyl halides is 1. The van der Waals surface area contributed by atoms with Gasteiger partial charge in [0.15, 0.2) is 0 Å². The van der Waals surface area contributed by atoms with Crippen molar-refractivity contribution >= 4 is 22.6 Å². The summed E-state index contributed by atoms with van der Waals surface area (Å²) in [6, 6.07) is 8.23. The normalized spacial score (nSPS) is 10.0. The summed E-state index contributed by atoms with van der Waals surface area (Å²) in [5.74, 6) is 0.948. The fraction of sp³-hybridized carbons (Fsp3) is 0.400. The minimum absolute atomic E-state index is 0.722. The van der Waals surface area contributed by atoms with Crippen molar-refractivity contribution in [2.24, 2.45) is 0 Å². The van der Waals surface area contributed by atoms with E-state index in [0.717, 1.165) is 23.3 Å². The molecule has 0 bridgehead atoms. The summed E-state index contributed by atoms with van der Waals surface area (Å²) in [4.78, 5) is 0. The first kappa shape index (κ1) is 10.8. The van der Waals surface area contributed by atoms with Gasteiger partial charge in [0, 0.05) is 11.0 Å². The summed E-state index contributed by atoms with van der Waals surface area (Å²) < 4.78 is 6.53. The molecular weight excluding hydrogens is 277 g/mol. The minimum Gasteiger partial charge on any atom is -0.492 e. The van der Waals surface area contributed by atoms with Crippen LogP contribution in [0.15, 0.2) is 24.3 Å². The van der Waals surface area contributed by atoms with Gasteiger partial charge >= 0.3 is 0 Å². The fourth-order valence-electron chi connectivity index (χ4n) is 0.946. The Morgan fingerprint density at radius 3 is 2.54 bits per heavy atom. The van der Waals surface area contributed by atoms with Crippen LogP contribution in [0, 0.1) is 0 Å². The molecule has 0 fully saturated rings. The van der Waals surface area contributed by atoms with Gasteiger partial charge in [0.25, 0.3) is 0 Å². The lowest BCUT2D eigenvalue weighted by Crippen LogP contribution is -2.15. The largest absolute Gasteiger partial charge is 0.492 e. The average Bonchev–Trinajstić information content (AvgIpc) is 2.19. The van der Waals surface area contributed by atoms with E-state index in [4.69, 9.17) is 4.74 Å². The predicted molar refractivity (Wildman–Crippen MR) is 63.6 cm³/mol. The summed E-state index contributed by atoms with van der Waals surface area (Å²) in [5, 5.41) is 3.03. The molecule has 0 saturated heterocycles. The van der Waals surface area contributed by atoms with Crippen molar-refractivity contribution in [3.63, 3.8) is 0 Å². The number of hydrogen-bond acceptors (Lipinski definition) is 2. The van der Waals surface area contributed by atoms with E-state index in [-0.39, 0.29) is 0 Å². The van der Waals surface area contributed by atoms with Crippen molar-refractivity contribution in [3.05, 3.63) is 29.8 Å². The van der Waals surface area contributed by atoms with Crippen LogP contribution in [0.25, 0.3) is 0 Å². The standard InChI is InChI=1S/C10H14INO/c1-12-6-7-13-10-4-2-9(8-11)3-5-10/h2-5,12H,6-8H2,1H3. The van der Waals surface area contributed by atoms with Gasteiger partial charge in [-0.1, -0.05) is 34.7 Å². The first-order chi connectivity index (χ1) is 6.36. The lowest BCUT2D eigenvalue weighted by atomic mass is 10.2. The number of rotatable bonds is 5. The second kappa shape index (κ2) is 6.21. The van der Waals surface area contributed by atoms with E-state index >= 15 is 0 Å². The maximum Gasteiger partial charge on any atom is 0.119 e. The van der Waals surface area contributed by atoms with Crippen LogP contribution in [0.5, 0.6) is 5.75 Å². The molecule has 0 amide bonds.